The van der Waals surface area contributed by atoms with Gasteiger partial charge in [-0.1, -0.05) is 0 Å². The van der Waals surface area contributed by atoms with E-state index in [4.69, 9.17) is 4.98 Å². The molecule has 2 fully saturated rings. The zero-order valence-electron chi connectivity index (χ0n) is 13.4. The topological polar surface area (TPSA) is 38.7 Å². The standard InChI is InChI=1S/C15H26N6/c1-13-12-14(20-8-4-18(2)5-9-20)17-15(16-13)21-10-6-19(3)7-11-21/h12H,4-11H2,1-3H3. The highest BCUT2D eigenvalue weighted by atomic mass is 15.3. The number of aryl methyl sites for hydroxylation is 1. The van der Waals surface area contributed by atoms with Gasteiger partial charge in [0.15, 0.2) is 0 Å². The number of aromatic nitrogens is 2. The number of likely N-dealkylation sites (N-methyl/N-ethyl adjacent to an activating group) is 2. The Labute approximate surface area is 127 Å². The minimum Gasteiger partial charge on any atom is -0.354 e. The first kappa shape index (κ1) is 14.5. The van der Waals surface area contributed by atoms with Crippen molar-refractivity contribution in [3.8, 4) is 0 Å². The van der Waals surface area contributed by atoms with Crippen LogP contribution in [-0.4, -0.2) is 86.2 Å². The van der Waals surface area contributed by atoms with E-state index < -0.39 is 0 Å². The third-order valence-corrected chi connectivity index (χ3v) is 4.44. The van der Waals surface area contributed by atoms with Gasteiger partial charge in [-0.3, -0.25) is 0 Å². The molecule has 2 saturated heterocycles. The number of nitrogens with zero attached hydrogens (tertiary/aromatic N) is 6. The highest BCUT2D eigenvalue weighted by molar-refractivity contribution is 5.46. The van der Waals surface area contributed by atoms with Gasteiger partial charge in [0, 0.05) is 64.1 Å². The Morgan fingerprint density at radius 3 is 1.86 bits per heavy atom. The number of piperazine rings is 2. The van der Waals surface area contributed by atoms with Gasteiger partial charge >= 0.3 is 0 Å². The van der Waals surface area contributed by atoms with E-state index in [1.54, 1.807) is 0 Å². The van der Waals surface area contributed by atoms with Crippen molar-refractivity contribution in [2.45, 2.75) is 6.92 Å². The van der Waals surface area contributed by atoms with Gasteiger partial charge in [-0.2, -0.15) is 4.98 Å². The molecule has 0 radical (unpaired) electrons. The van der Waals surface area contributed by atoms with Gasteiger partial charge in [0.05, 0.1) is 0 Å². The molecule has 116 valence electrons. The van der Waals surface area contributed by atoms with Crippen LogP contribution in [0.5, 0.6) is 0 Å². The molecule has 1 aromatic heterocycles. The number of hydrogen-bond acceptors (Lipinski definition) is 6. The molecule has 0 aliphatic carbocycles. The molecule has 0 N–H and O–H groups in total. The lowest BCUT2D eigenvalue weighted by molar-refractivity contribution is 0.309. The first-order chi connectivity index (χ1) is 10.1. The zero-order valence-corrected chi connectivity index (χ0v) is 13.4. The van der Waals surface area contributed by atoms with Gasteiger partial charge in [-0.05, 0) is 21.0 Å². The maximum absolute atomic E-state index is 4.83. The van der Waals surface area contributed by atoms with E-state index in [0.29, 0.717) is 0 Å². The molecule has 0 atom stereocenters. The predicted octanol–water partition coefficient (Wildman–Crippen LogP) is 0.289. The molecule has 0 saturated carbocycles. The normalized spacial score (nSPS) is 21.9. The van der Waals surface area contributed by atoms with Crippen molar-refractivity contribution in [1.82, 2.24) is 19.8 Å². The summed E-state index contributed by atoms with van der Waals surface area (Å²) in [6.07, 6.45) is 0. The summed E-state index contributed by atoms with van der Waals surface area (Å²) < 4.78 is 0. The third-order valence-electron chi connectivity index (χ3n) is 4.44. The molecule has 0 spiro atoms. The summed E-state index contributed by atoms with van der Waals surface area (Å²) >= 11 is 0. The molecule has 3 heterocycles. The zero-order chi connectivity index (χ0) is 14.8. The fourth-order valence-corrected chi connectivity index (χ4v) is 2.88. The Balaban J connectivity index is 1.76. The fourth-order valence-electron chi connectivity index (χ4n) is 2.88. The first-order valence-corrected chi connectivity index (χ1v) is 7.84. The van der Waals surface area contributed by atoms with Crippen LogP contribution in [0.25, 0.3) is 0 Å². The van der Waals surface area contributed by atoms with E-state index in [1.165, 1.54) is 0 Å². The Hall–Kier alpha value is -1.40. The minimum atomic E-state index is 0.900. The van der Waals surface area contributed by atoms with Crippen molar-refractivity contribution in [1.29, 1.82) is 0 Å². The van der Waals surface area contributed by atoms with Crippen molar-refractivity contribution in [2.24, 2.45) is 0 Å². The quantitative estimate of drug-likeness (QED) is 0.779. The molecule has 3 rings (SSSR count). The molecular weight excluding hydrogens is 264 g/mol. The molecule has 0 unspecified atom stereocenters. The van der Waals surface area contributed by atoms with E-state index in [9.17, 15) is 0 Å². The summed E-state index contributed by atoms with van der Waals surface area (Å²) in [7, 11) is 4.35. The molecule has 6 nitrogen and oxygen atoms in total. The molecular formula is C15H26N6. The van der Waals surface area contributed by atoms with Crippen LogP contribution in [-0.2, 0) is 0 Å². The Morgan fingerprint density at radius 1 is 0.762 bits per heavy atom. The highest BCUT2D eigenvalue weighted by Gasteiger charge is 2.20. The summed E-state index contributed by atoms with van der Waals surface area (Å²) in [6.45, 7) is 10.6. The summed E-state index contributed by atoms with van der Waals surface area (Å²) in [5.41, 5.74) is 1.06. The maximum Gasteiger partial charge on any atom is 0.227 e. The lowest BCUT2D eigenvalue weighted by Crippen LogP contribution is -2.46. The van der Waals surface area contributed by atoms with Gasteiger partial charge in [0.1, 0.15) is 5.82 Å². The highest BCUT2D eigenvalue weighted by Crippen LogP contribution is 2.19. The third kappa shape index (κ3) is 3.44. The molecule has 0 bridgehead atoms. The average molecular weight is 290 g/mol. The van der Waals surface area contributed by atoms with Gasteiger partial charge < -0.3 is 19.6 Å². The van der Waals surface area contributed by atoms with Gasteiger partial charge in [-0.15, -0.1) is 0 Å². The molecule has 21 heavy (non-hydrogen) atoms. The minimum absolute atomic E-state index is 0.900. The smallest absolute Gasteiger partial charge is 0.227 e. The molecule has 2 aliphatic heterocycles. The van der Waals surface area contributed by atoms with Crippen LogP contribution in [0.1, 0.15) is 5.69 Å². The molecule has 6 heteroatoms. The summed E-state index contributed by atoms with van der Waals surface area (Å²) in [4.78, 5) is 18.9. The van der Waals surface area contributed by atoms with Crippen LogP contribution in [0, 0.1) is 6.92 Å². The van der Waals surface area contributed by atoms with Crippen LogP contribution in [0.2, 0.25) is 0 Å². The fraction of sp³-hybridized carbons (Fsp3) is 0.733. The molecule has 0 aromatic carbocycles. The summed E-state index contributed by atoms with van der Waals surface area (Å²) in [5, 5.41) is 0. The van der Waals surface area contributed by atoms with Crippen LogP contribution >= 0.6 is 0 Å². The van der Waals surface area contributed by atoms with E-state index in [0.717, 1.165) is 69.8 Å². The lowest BCUT2D eigenvalue weighted by atomic mass is 10.3. The van der Waals surface area contributed by atoms with Crippen molar-refractivity contribution < 1.29 is 0 Å². The largest absolute Gasteiger partial charge is 0.354 e. The van der Waals surface area contributed by atoms with Gasteiger partial charge in [-0.25, -0.2) is 4.98 Å². The second kappa shape index (κ2) is 6.15. The average Bonchev–Trinajstić information content (AvgIpc) is 2.48. The summed E-state index contributed by atoms with van der Waals surface area (Å²) in [5.74, 6) is 1.99. The second-order valence-electron chi connectivity index (χ2n) is 6.25. The Bertz CT molecular complexity index is 435. The SMILES string of the molecule is Cc1cc(N2CCN(C)CC2)nc(N2CCN(C)CC2)n1. The van der Waals surface area contributed by atoms with E-state index >= 15 is 0 Å². The summed E-state index contributed by atoms with van der Waals surface area (Å²) in [6, 6.07) is 2.12. The molecule has 1 aromatic rings. The van der Waals surface area contributed by atoms with Crippen LogP contribution in [0.4, 0.5) is 11.8 Å². The van der Waals surface area contributed by atoms with Crippen molar-refractivity contribution in [3.05, 3.63) is 11.8 Å². The number of anilines is 2. The number of hydrogen-bond donors (Lipinski definition) is 0. The van der Waals surface area contributed by atoms with Crippen molar-refractivity contribution in [3.63, 3.8) is 0 Å². The number of rotatable bonds is 2. The van der Waals surface area contributed by atoms with Crippen molar-refractivity contribution in [2.75, 3.05) is 76.3 Å². The Kier molecular flexibility index (Phi) is 4.26. The van der Waals surface area contributed by atoms with Crippen LogP contribution in [0.3, 0.4) is 0 Å². The maximum atomic E-state index is 4.83. The van der Waals surface area contributed by atoms with Crippen molar-refractivity contribution >= 4 is 11.8 Å². The van der Waals surface area contributed by atoms with Crippen LogP contribution in [0.15, 0.2) is 6.07 Å². The van der Waals surface area contributed by atoms with E-state index in [-0.39, 0.29) is 0 Å². The molecule has 0 amide bonds. The Morgan fingerprint density at radius 2 is 1.29 bits per heavy atom. The van der Waals surface area contributed by atoms with E-state index in [1.807, 2.05) is 0 Å². The van der Waals surface area contributed by atoms with Gasteiger partial charge in [0.2, 0.25) is 5.95 Å². The van der Waals surface area contributed by atoms with Gasteiger partial charge in [0.25, 0.3) is 0 Å². The monoisotopic (exact) mass is 290 g/mol. The molecule has 2 aliphatic rings. The predicted molar refractivity (Wildman–Crippen MR) is 86.2 cm³/mol. The second-order valence-corrected chi connectivity index (χ2v) is 6.25. The van der Waals surface area contributed by atoms with Crippen LogP contribution < -0.4 is 9.80 Å². The first-order valence-electron chi connectivity index (χ1n) is 7.84. The lowest BCUT2D eigenvalue weighted by Gasteiger charge is -2.35. The van der Waals surface area contributed by atoms with E-state index in [2.05, 4.69) is 51.7 Å².